The van der Waals surface area contributed by atoms with Crippen molar-refractivity contribution in [1.29, 1.82) is 0 Å². The van der Waals surface area contributed by atoms with Gasteiger partial charge in [0.1, 0.15) is 10.6 Å². The number of piperidine rings is 1. The van der Waals surface area contributed by atoms with Crippen LogP contribution in [0.3, 0.4) is 0 Å². The number of nitrogens with one attached hydrogen (secondary N) is 1. The second-order valence-corrected chi connectivity index (χ2v) is 8.92. The highest BCUT2D eigenvalue weighted by Crippen LogP contribution is 2.27. The first kappa shape index (κ1) is 19.1. The highest BCUT2D eigenvalue weighted by Gasteiger charge is 2.32. The normalized spacial score (nSPS) is 21.8. The molecule has 4 heterocycles. The van der Waals surface area contributed by atoms with Crippen molar-refractivity contribution in [2.75, 3.05) is 32.8 Å². The SMILES string of the molecule is CC1CCCCN1S(=O)(=O)c1c[nH]c(-c2nnc(C(=O)N3CCOCC3)o2)c1. The van der Waals surface area contributed by atoms with Gasteiger partial charge in [-0.15, -0.1) is 10.2 Å². The van der Waals surface area contributed by atoms with Crippen LogP contribution in [0, 0.1) is 0 Å². The molecule has 0 saturated carbocycles. The molecular weight excluding hydrogens is 386 g/mol. The standard InChI is InChI=1S/C17H23N5O5S/c1-12-4-2-3-5-22(12)28(24,25)13-10-14(18-11-13)15-19-20-16(27-15)17(23)21-6-8-26-9-7-21/h10-12,18H,2-9H2,1H3. The minimum Gasteiger partial charge on any atom is -0.411 e. The Kier molecular flexibility index (Phi) is 5.21. The van der Waals surface area contributed by atoms with E-state index in [4.69, 9.17) is 9.15 Å². The maximum absolute atomic E-state index is 12.9. The monoisotopic (exact) mass is 409 g/mol. The Morgan fingerprint density at radius 1 is 1.21 bits per heavy atom. The summed E-state index contributed by atoms with van der Waals surface area (Å²) in [5, 5.41) is 7.70. The number of aromatic nitrogens is 3. The Bertz CT molecular complexity index is 947. The molecule has 0 radical (unpaired) electrons. The lowest BCUT2D eigenvalue weighted by Crippen LogP contribution is -2.41. The number of aromatic amines is 1. The van der Waals surface area contributed by atoms with Crippen molar-refractivity contribution in [1.82, 2.24) is 24.4 Å². The van der Waals surface area contributed by atoms with Gasteiger partial charge >= 0.3 is 11.8 Å². The molecule has 2 fully saturated rings. The summed E-state index contributed by atoms with van der Waals surface area (Å²) in [6.07, 6.45) is 4.16. The Balaban J connectivity index is 1.53. The van der Waals surface area contributed by atoms with E-state index >= 15 is 0 Å². The number of sulfonamides is 1. The number of morpholine rings is 1. The molecule has 1 unspecified atom stereocenters. The molecule has 2 aliphatic heterocycles. The molecule has 152 valence electrons. The third-order valence-corrected chi connectivity index (χ3v) is 7.13. The molecule has 4 rings (SSSR count). The van der Waals surface area contributed by atoms with Crippen LogP contribution in [0.2, 0.25) is 0 Å². The van der Waals surface area contributed by atoms with E-state index in [0.29, 0.717) is 38.5 Å². The maximum Gasteiger partial charge on any atom is 0.311 e. The van der Waals surface area contributed by atoms with E-state index in [-0.39, 0.29) is 28.6 Å². The van der Waals surface area contributed by atoms with Crippen LogP contribution in [0.1, 0.15) is 36.9 Å². The molecule has 2 aliphatic rings. The number of hydrogen-bond donors (Lipinski definition) is 1. The van der Waals surface area contributed by atoms with Crippen LogP contribution in [0.15, 0.2) is 21.6 Å². The molecule has 0 spiro atoms. The van der Waals surface area contributed by atoms with Gasteiger partial charge in [0, 0.05) is 31.9 Å². The molecule has 2 aromatic rings. The molecular formula is C17H23N5O5S. The zero-order chi connectivity index (χ0) is 19.7. The number of carbonyl (C=O) groups is 1. The molecule has 1 atom stereocenters. The summed E-state index contributed by atoms with van der Waals surface area (Å²) in [6.45, 7) is 4.32. The number of rotatable bonds is 4. The van der Waals surface area contributed by atoms with Gasteiger partial charge < -0.3 is 19.0 Å². The second kappa shape index (κ2) is 7.64. The predicted octanol–water partition coefficient (Wildman–Crippen LogP) is 1.10. The van der Waals surface area contributed by atoms with Gasteiger partial charge in [-0.05, 0) is 25.8 Å². The van der Waals surface area contributed by atoms with E-state index in [1.807, 2.05) is 6.92 Å². The van der Waals surface area contributed by atoms with Gasteiger partial charge in [-0.2, -0.15) is 4.31 Å². The molecule has 11 heteroatoms. The van der Waals surface area contributed by atoms with Crippen LogP contribution >= 0.6 is 0 Å². The summed E-state index contributed by atoms with van der Waals surface area (Å²) < 4.78 is 38.1. The summed E-state index contributed by atoms with van der Waals surface area (Å²) in [4.78, 5) is 17.0. The molecule has 0 bridgehead atoms. The van der Waals surface area contributed by atoms with Crippen molar-refractivity contribution in [2.45, 2.75) is 37.1 Å². The van der Waals surface area contributed by atoms with Crippen LogP contribution in [0.5, 0.6) is 0 Å². The van der Waals surface area contributed by atoms with Crippen molar-refractivity contribution in [3.63, 3.8) is 0 Å². The number of nitrogens with zero attached hydrogens (tertiary/aromatic N) is 4. The molecule has 1 amide bonds. The molecule has 1 N–H and O–H groups in total. The van der Waals surface area contributed by atoms with Crippen LogP contribution < -0.4 is 0 Å². The van der Waals surface area contributed by atoms with Crippen molar-refractivity contribution >= 4 is 15.9 Å². The van der Waals surface area contributed by atoms with Crippen molar-refractivity contribution in [3.8, 4) is 11.6 Å². The van der Waals surface area contributed by atoms with E-state index in [2.05, 4.69) is 15.2 Å². The van der Waals surface area contributed by atoms with Crippen LogP contribution in [0.25, 0.3) is 11.6 Å². The highest BCUT2D eigenvalue weighted by atomic mass is 32.2. The van der Waals surface area contributed by atoms with Crippen molar-refractivity contribution in [3.05, 3.63) is 18.2 Å². The van der Waals surface area contributed by atoms with E-state index in [1.165, 1.54) is 16.6 Å². The lowest BCUT2D eigenvalue weighted by Gasteiger charge is -2.31. The fourth-order valence-electron chi connectivity index (χ4n) is 3.53. The molecule has 0 aromatic carbocycles. The Morgan fingerprint density at radius 3 is 2.75 bits per heavy atom. The van der Waals surface area contributed by atoms with Gasteiger partial charge in [0.25, 0.3) is 5.89 Å². The molecule has 28 heavy (non-hydrogen) atoms. The van der Waals surface area contributed by atoms with E-state index in [0.717, 1.165) is 19.3 Å². The summed E-state index contributed by atoms with van der Waals surface area (Å²) in [5.41, 5.74) is 0.358. The molecule has 0 aliphatic carbocycles. The first-order chi connectivity index (χ1) is 13.5. The first-order valence-corrected chi connectivity index (χ1v) is 10.8. The fourth-order valence-corrected chi connectivity index (χ4v) is 5.23. The molecule has 10 nitrogen and oxygen atoms in total. The van der Waals surface area contributed by atoms with Crippen molar-refractivity contribution in [2.24, 2.45) is 0 Å². The molecule has 2 aromatic heterocycles. The molecule has 2 saturated heterocycles. The Morgan fingerprint density at radius 2 is 2.00 bits per heavy atom. The van der Waals surface area contributed by atoms with E-state index in [1.54, 1.807) is 4.90 Å². The smallest absolute Gasteiger partial charge is 0.311 e. The quantitative estimate of drug-likeness (QED) is 0.802. The van der Waals surface area contributed by atoms with Crippen LogP contribution in [0.4, 0.5) is 0 Å². The van der Waals surface area contributed by atoms with E-state index < -0.39 is 10.0 Å². The van der Waals surface area contributed by atoms with Gasteiger partial charge in [-0.25, -0.2) is 8.42 Å². The largest absolute Gasteiger partial charge is 0.411 e. The fraction of sp³-hybridized carbons (Fsp3) is 0.588. The van der Waals surface area contributed by atoms with Gasteiger partial charge in [0.2, 0.25) is 10.0 Å². The third kappa shape index (κ3) is 3.56. The predicted molar refractivity (Wildman–Crippen MR) is 98.0 cm³/mol. The minimum atomic E-state index is -3.60. The van der Waals surface area contributed by atoms with Crippen molar-refractivity contribution < 1.29 is 22.4 Å². The summed E-state index contributed by atoms with van der Waals surface area (Å²) in [6, 6.07) is 1.44. The van der Waals surface area contributed by atoms with Gasteiger partial charge in [0.15, 0.2) is 0 Å². The first-order valence-electron chi connectivity index (χ1n) is 9.38. The maximum atomic E-state index is 12.9. The number of ether oxygens (including phenoxy) is 1. The van der Waals surface area contributed by atoms with E-state index in [9.17, 15) is 13.2 Å². The second-order valence-electron chi connectivity index (χ2n) is 7.03. The average Bonchev–Trinajstić information content (AvgIpc) is 3.38. The zero-order valence-corrected chi connectivity index (χ0v) is 16.4. The number of hydrogen-bond acceptors (Lipinski definition) is 7. The minimum absolute atomic E-state index is 0.0294. The van der Waals surface area contributed by atoms with Gasteiger partial charge in [0.05, 0.1) is 13.2 Å². The third-order valence-electron chi connectivity index (χ3n) is 5.14. The van der Waals surface area contributed by atoms with Gasteiger partial charge in [-0.3, -0.25) is 4.79 Å². The highest BCUT2D eigenvalue weighted by molar-refractivity contribution is 7.89. The lowest BCUT2D eigenvalue weighted by molar-refractivity contribution is 0.0278. The van der Waals surface area contributed by atoms with Crippen LogP contribution in [-0.2, 0) is 14.8 Å². The average molecular weight is 409 g/mol. The Labute approximate surface area is 162 Å². The summed E-state index contributed by atoms with van der Waals surface area (Å²) >= 11 is 0. The topological polar surface area (TPSA) is 122 Å². The van der Waals surface area contributed by atoms with Crippen LogP contribution in [-0.4, -0.2) is 77.6 Å². The number of H-pyrrole nitrogens is 1. The zero-order valence-electron chi connectivity index (χ0n) is 15.6. The van der Waals surface area contributed by atoms with Gasteiger partial charge in [-0.1, -0.05) is 6.42 Å². The Hall–Kier alpha value is -2.24. The summed E-state index contributed by atoms with van der Waals surface area (Å²) in [7, 11) is -3.60. The number of amides is 1. The lowest BCUT2D eigenvalue weighted by atomic mass is 10.1. The summed E-state index contributed by atoms with van der Waals surface area (Å²) in [5.74, 6) is -0.408. The number of carbonyl (C=O) groups excluding carboxylic acids is 1.